The Kier molecular flexibility index (Phi) is 7.32. The summed E-state index contributed by atoms with van der Waals surface area (Å²) in [6, 6.07) is 0. The first-order valence-corrected chi connectivity index (χ1v) is 4.40. The number of ether oxygens (including phenoxy) is 3. The highest BCUT2D eigenvalue weighted by atomic mass is 16.5. The molecule has 80 valence electrons. The Labute approximate surface area is 84.1 Å². The van der Waals surface area contributed by atoms with Crippen LogP contribution in [0, 0.1) is 0 Å². The quantitative estimate of drug-likeness (QED) is 0.271. The minimum Gasteiger partial charge on any atom is -0.498 e. The molecule has 0 rings (SSSR count). The van der Waals surface area contributed by atoms with E-state index in [1.807, 2.05) is 0 Å². The Hall–Kier alpha value is -1.45. The van der Waals surface area contributed by atoms with Crippen LogP contribution >= 0.6 is 0 Å². The van der Waals surface area contributed by atoms with Gasteiger partial charge in [0, 0.05) is 0 Å². The normalized spacial score (nSPS) is 10.6. The fourth-order valence-electron chi connectivity index (χ4n) is 0.657. The van der Waals surface area contributed by atoms with Crippen LogP contribution in [0.5, 0.6) is 0 Å². The number of carbonyl (C=O) groups excluding carboxylic acids is 1. The van der Waals surface area contributed by atoms with E-state index in [0.29, 0.717) is 25.4 Å². The van der Waals surface area contributed by atoms with Gasteiger partial charge in [0.15, 0.2) is 0 Å². The van der Waals surface area contributed by atoms with Crippen LogP contribution in [0.15, 0.2) is 24.7 Å². The summed E-state index contributed by atoms with van der Waals surface area (Å²) in [5.74, 6) is -0.364. The van der Waals surface area contributed by atoms with Crippen molar-refractivity contribution < 1.29 is 19.0 Å². The lowest BCUT2D eigenvalue weighted by atomic mass is 10.3. The van der Waals surface area contributed by atoms with Crippen LogP contribution in [-0.2, 0) is 19.0 Å². The molecule has 0 aliphatic heterocycles. The third kappa shape index (κ3) is 6.11. The van der Waals surface area contributed by atoms with E-state index in [9.17, 15) is 4.79 Å². The van der Waals surface area contributed by atoms with Gasteiger partial charge in [-0.25, -0.2) is 4.79 Å². The molecule has 0 N–H and O–H groups in total. The van der Waals surface area contributed by atoms with Gasteiger partial charge in [0.2, 0.25) is 0 Å². The van der Waals surface area contributed by atoms with Gasteiger partial charge >= 0.3 is 5.97 Å². The summed E-state index contributed by atoms with van der Waals surface area (Å²) in [4.78, 5) is 11.0. The minimum atomic E-state index is -0.364. The largest absolute Gasteiger partial charge is 0.498 e. The Morgan fingerprint density at radius 1 is 1.36 bits per heavy atom. The lowest BCUT2D eigenvalue weighted by Crippen LogP contribution is -2.06. The van der Waals surface area contributed by atoms with Gasteiger partial charge < -0.3 is 14.2 Å². The second kappa shape index (κ2) is 8.16. The molecule has 0 spiro atoms. The van der Waals surface area contributed by atoms with Gasteiger partial charge in [-0.2, -0.15) is 0 Å². The molecule has 0 atom stereocenters. The molecular formula is C10H16O4. The van der Waals surface area contributed by atoms with Gasteiger partial charge in [-0.15, -0.1) is 0 Å². The molecule has 4 heteroatoms. The second-order valence-corrected chi connectivity index (χ2v) is 2.43. The highest BCUT2D eigenvalue weighted by Crippen LogP contribution is 1.96. The fourth-order valence-corrected chi connectivity index (χ4v) is 0.657. The fraction of sp³-hybridized carbons (Fsp3) is 0.500. The van der Waals surface area contributed by atoms with Crippen molar-refractivity contribution in [2.24, 2.45) is 0 Å². The molecule has 0 saturated carbocycles. The van der Waals surface area contributed by atoms with Crippen molar-refractivity contribution in [3.8, 4) is 0 Å². The summed E-state index contributed by atoms with van der Waals surface area (Å²) in [7, 11) is 0. The molecule has 0 radical (unpaired) electrons. The van der Waals surface area contributed by atoms with Crippen LogP contribution in [0.1, 0.15) is 13.8 Å². The standard InChI is InChI=1S/C10H16O4/c1-4-12-6-7-13-8-9(3)10(11)14-5-2/h4,8H,1,5-7H2,2-3H3. The molecule has 0 aliphatic rings. The van der Waals surface area contributed by atoms with E-state index in [-0.39, 0.29) is 5.97 Å². The highest BCUT2D eigenvalue weighted by Gasteiger charge is 2.03. The summed E-state index contributed by atoms with van der Waals surface area (Å²) < 4.78 is 14.6. The van der Waals surface area contributed by atoms with E-state index in [1.165, 1.54) is 12.5 Å². The van der Waals surface area contributed by atoms with Gasteiger partial charge in [-0.3, -0.25) is 0 Å². The first kappa shape index (κ1) is 12.6. The Morgan fingerprint density at radius 2 is 2.00 bits per heavy atom. The van der Waals surface area contributed by atoms with E-state index in [1.54, 1.807) is 13.8 Å². The smallest absolute Gasteiger partial charge is 0.336 e. The molecule has 0 aromatic heterocycles. The van der Waals surface area contributed by atoms with Gasteiger partial charge in [-0.1, -0.05) is 6.58 Å². The molecule has 0 aliphatic carbocycles. The predicted octanol–water partition coefficient (Wildman–Crippen LogP) is 1.63. The van der Waals surface area contributed by atoms with Crippen LogP contribution in [-0.4, -0.2) is 25.8 Å². The maximum Gasteiger partial charge on any atom is 0.336 e. The summed E-state index contributed by atoms with van der Waals surface area (Å²) in [6.07, 6.45) is 2.70. The Balaban J connectivity index is 3.64. The van der Waals surface area contributed by atoms with Gasteiger partial charge in [0.1, 0.15) is 13.2 Å². The molecule has 0 heterocycles. The molecule has 0 saturated heterocycles. The van der Waals surface area contributed by atoms with Crippen LogP contribution in [0.4, 0.5) is 0 Å². The van der Waals surface area contributed by atoms with Crippen LogP contribution in [0.3, 0.4) is 0 Å². The Morgan fingerprint density at radius 3 is 2.57 bits per heavy atom. The molecule has 0 unspecified atom stereocenters. The van der Waals surface area contributed by atoms with Crippen molar-refractivity contribution in [1.29, 1.82) is 0 Å². The average molecular weight is 200 g/mol. The van der Waals surface area contributed by atoms with E-state index in [0.717, 1.165) is 0 Å². The SMILES string of the molecule is C=COCCOC=C(C)C(=O)OCC. The molecule has 0 aromatic rings. The molecule has 0 fully saturated rings. The first-order valence-electron chi connectivity index (χ1n) is 4.40. The number of esters is 1. The number of carbonyl (C=O) groups is 1. The van der Waals surface area contributed by atoms with Crippen molar-refractivity contribution >= 4 is 5.97 Å². The lowest BCUT2D eigenvalue weighted by Gasteiger charge is -2.03. The zero-order chi connectivity index (χ0) is 10.8. The molecule has 0 bridgehead atoms. The summed E-state index contributed by atoms with van der Waals surface area (Å²) in [5.41, 5.74) is 0.436. The average Bonchev–Trinajstić information content (AvgIpc) is 2.17. The van der Waals surface area contributed by atoms with E-state index < -0.39 is 0 Å². The van der Waals surface area contributed by atoms with Crippen molar-refractivity contribution in [2.75, 3.05) is 19.8 Å². The monoisotopic (exact) mass is 200 g/mol. The maximum atomic E-state index is 11.0. The predicted molar refractivity (Wildman–Crippen MR) is 52.5 cm³/mol. The third-order valence-electron chi connectivity index (χ3n) is 1.29. The minimum absolute atomic E-state index is 0.364. The molecule has 0 amide bonds. The van der Waals surface area contributed by atoms with E-state index in [4.69, 9.17) is 14.2 Å². The maximum absolute atomic E-state index is 11.0. The number of hydrogen-bond donors (Lipinski definition) is 0. The summed E-state index contributed by atoms with van der Waals surface area (Å²) >= 11 is 0. The van der Waals surface area contributed by atoms with Crippen molar-refractivity contribution in [3.63, 3.8) is 0 Å². The number of hydrogen-bond acceptors (Lipinski definition) is 4. The van der Waals surface area contributed by atoms with Crippen LogP contribution in [0.2, 0.25) is 0 Å². The lowest BCUT2D eigenvalue weighted by molar-refractivity contribution is -0.138. The molecular weight excluding hydrogens is 184 g/mol. The van der Waals surface area contributed by atoms with Crippen molar-refractivity contribution in [3.05, 3.63) is 24.7 Å². The number of rotatable bonds is 7. The van der Waals surface area contributed by atoms with E-state index in [2.05, 4.69) is 6.58 Å². The van der Waals surface area contributed by atoms with Crippen molar-refractivity contribution in [2.45, 2.75) is 13.8 Å². The Bertz CT molecular complexity index is 208. The topological polar surface area (TPSA) is 44.8 Å². The zero-order valence-corrected chi connectivity index (χ0v) is 8.62. The van der Waals surface area contributed by atoms with Crippen LogP contribution in [0.25, 0.3) is 0 Å². The van der Waals surface area contributed by atoms with Crippen molar-refractivity contribution in [1.82, 2.24) is 0 Å². The summed E-state index contributed by atoms with van der Waals surface area (Å²) in [6.45, 7) is 7.92. The molecule has 0 aromatic carbocycles. The van der Waals surface area contributed by atoms with Gasteiger partial charge in [0.05, 0.1) is 24.7 Å². The molecule has 14 heavy (non-hydrogen) atoms. The zero-order valence-electron chi connectivity index (χ0n) is 8.62. The highest BCUT2D eigenvalue weighted by molar-refractivity contribution is 5.87. The van der Waals surface area contributed by atoms with E-state index >= 15 is 0 Å². The third-order valence-corrected chi connectivity index (χ3v) is 1.29. The van der Waals surface area contributed by atoms with Crippen LogP contribution < -0.4 is 0 Å². The second-order valence-electron chi connectivity index (χ2n) is 2.43. The first-order chi connectivity index (χ1) is 6.72. The van der Waals surface area contributed by atoms with Gasteiger partial charge in [0.25, 0.3) is 0 Å². The molecule has 4 nitrogen and oxygen atoms in total. The summed E-state index contributed by atoms with van der Waals surface area (Å²) in [5, 5.41) is 0. The van der Waals surface area contributed by atoms with Gasteiger partial charge in [-0.05, 0) is 13.8 Å².